The first-order valence-electron chi connectivity index (χ1n) is 9.90. The molecule has 3 heterocycles. The van der Waals surface area contributed by atoms with Crippen LogP contribution in [-0.2, 0) is 4.79 Å². The summed E-state index contributed by atoms with van der Waals surface area (Å²) in [7, 11) is 0. The highest BCUT2D eigenvalue weighted by Gasteiger charge is 2.20. The van der Waals surface area contributed by atoms with Crippen LogP contribution in [0, 0.1) is 17.2 Å². The SMILES string of the molecule is CC1CCN(c2nnc(NC(=O)/C(C#N)=C\c3ccc(-c4ccccc4Cl)o3)s2)CC1. The summed E-state index contributed by atoms with van der Waals surface area (Å²) in [6, 6.07) is 12.6. The molecule has 0 atom stereocenters. The van der Waals surface area contributed by atoms with E-state index >= 15 is 0 Å². The van der Waals surface area contributed by atoms with Crippen LogP contribution >= 0.6 is 22.9 Å². The van der Waals surface area contributed by atoms with Crippen LogP contribution in [0.1, 0.15) is 25.5 Å². The first-order chi connectivity index (χ1) is 15.0. The lowest BCUT2D eigenvalue weighted by molar-refractivity contribution is -0.112. The summed E-state index contributed by atoms with van der Waals surface area (Å²) in [6.07, 6.45) is 3.62. The number of carbonyl (C=O) groups excluding carboxylic acids is 1. The van der Waals surface area contributed by atoms with Gasteiger partial charge in [-0.05, 0) is 43.0 Å². The largest absolute Gasteiger partial charge is 0.457 e. The Hall–Kier alpha value is -3.15. The average Bonchev–Trinajstić information content (AvgIpc) is 3.42. The van der Waals surface area contributed by atoms with Crippen LogP contribution in [0.5, 0.6) is 0 Å². The predicted octanol–water partition coefficient (Wildman–Crippen LogP) is 5.23. The number of anilines is 2. The summed E-state index contributed by atoms with van der Waals surface area (Å²) in [5.74, 6) is 1.08. The smallest absolute Gasteiger partial charge is 0.268 e. The van der Waals surface area contributed by atoms with Crippen LogP contribution in [0.15, 0.2) is 46.4 Å². The standard InChI is InChI=1S/C22H20ClN5O2S/c1-14-8-10-28(11-9-14)22-27-26-21(31-22)25-20(29)15(13-24)12-16-6-7-19(30-16)17-4-2-3-5-18(17)23/h2-7,12,14H,8-11H2,1H3,(H,25,26,29)/b15-12-. The third kappa shape index (κ3) is 4.95. The molecule has 0 unspecified atom stereocenters. The van der Waals surface area contributed by atoms with E-state index in [0.29, 0.717) is 27.6 Å². The van der Waals surface area contributed by atoms with Crippen molar-refractivity contribution in [2.24, 2.45) is 5.92 Å². The summed E-state index contributed by atoms with van der Waals surface area (Å²) < 4.78 is 5.75. The second-order valence-corrected chi connectivity index (χ2v) is 8.73. The van der Waals surface area contributed by atoms with E-state index in [1.165, 1.54) is 17.4 Å². The number of nitrogens with one attached hydrogen (secondary N) is 1. The Bertz CT molecular complexity index is 1150. The molecule has 1 aliphatic heterocycles. The summed E-state index contributed by atoms with van der Waals surface area (Å²) in [5.41, 5.74) is 0.642. The second kappa shape index (κ2) is 9.33. The summed E-state index contributed by atoms with van der Waals surface area (Å²) in [5, 5.41) is 22.0. The highest BCUT2D eigenvalue weighted by atomic mass is 35.5. The minimum atomic E-state index is -0.562. The first-order valence-corrected chi connectivity index (χ1v) is 11.1. The van der Waals surface area contributed by atoms with Crippen molar-refractivity contribution in [1.82, 2.24) is 10.2 Å². The Morgan fingerprint density at radius 3 is 2.81 bits per heavy atom. The van der Waals surface area contributed by atoms with Gasteiger partial charge >= 0.3 is 0 Å². The van der Waals surface area contributed by atoms with Gasteiger partial charge in [-0.2, -0.15) is 5.26 Å². The number of piperidine rings is 1. The lowest BCUT2D eigenvalue weighted by Gasteiger charge is -2.29. The number of furan rings is 1. The van der Waals surface area contributed by atoms with Gasteiger partial charge in [-0.3, -0.25) is 10.1 Å². The van der Waals surface area contributed by atoms with Gasteiger partial charge in [0.25, 0.3) is 5.91 Å². The van der Waals surface area contributed by atoms with Crippen molar-refractivity contribution in [3.05, 3.63) is 52.8 Å². The molecule has 9 heteroatoms. The van der Waals surface area contributed by atoms with Gasteiger partial charge in [0.1, 0.15) is 23.2 Å². The lowest BCUT2D eigenvalue weighted by atomic mass is 10.00. The highest BCUT2D eigenvalue weighted by Crippen LogP contribution is 2.30. The van der Waals surface area contributed by atoms with Crippen molar-refractivity contribution in [3.63, 3.8) is 0 Å². The minimum Gasteiger partial charge on any atom is -0.457 e. The fourth-order valence-electron chi connectivity index (χ4n) is 3.29. The van der Waals surface area contributed by atoms with E-state index in [0.717, 1.165) is 36.6 Å². The second-order valence-electron chi connectivity index (χ2n) is 7.37. The van der Waals surface area contributed by atoms with Crippen molar-refractivity contribution < 1.29 is 9.21 Å². The van der Waals surface area contributed by atoms with Gasteiger partial charge in [-0.15, -0.1) is 10.2 Å². The molecule has 0 spiro atoms. The number of hydrogen-bond donors (Lipinski definition) is 1. The highest BCUT2D eigenvalue weighted by molar-refractivity contribution is 7.19. The van der Waals surface area contributed by atoms with Crippen molar-refractivity contribution in [2.75, 3.05) is 23.3 Å². The zero-order valence-corrected chi connectivity index (χ0v) is 18.4. The van der Waals surface area contributed by atoms with Crippen LogP contribution in [0.25, 0.3) is 17.4 Å². The van der Waals surface area contributed by atoms with Crippen molar-refractivity contribution >= 4 is 45.2 Å². The molecular formula is C22H20ClN5O2S. The molecule has 4 rings (SSSR count). The Morgan fingerprint density at radius 2 is 2.06 bits per heavy atom. The van der Waals surface area contributed by atoms with E-state index < -0.39 is 5.91 Å². The van der Waals surface area contributed by atoms with Gasteiger partial charge in [0.05, 0.1) is 5.02 Å². The molecular weight excluding hydrogens is 434 g/mol. The number of carbonyl (C=O) groups is 1. The van der Waals surface area contributed by atoms with Crippen molar-refractivity contribution in [1.29, 1.82) is 5.26 Å². The predicted molar refractivity (Wildman–Crippen MR) is 122 cm³/mol. The van der Waals surface area contributed by atoms with Crippen LogP contribution < -0.4 is 10.2 Å². The third-order valence-electron chi connectivity index (χ3n) is 5.11. The Morgan fingerprint density at radius 1 is 1.29 bits per heavy atom. The molecule has 0 saturated carbocycles. The maximum atomic E-state index is 12.6. The normalized spacial score (nSPS) is 15.0. The number of hydrogen-bond acceptors (Lipinski definition) is 7. The van der Waals surface area contributed by atoms with E-state index in [1.807, 2.05) is 24.3 Å². The molecule has 0 bridgehead atoms. The maximum absolute atomic E-state index is 12.6. The molecule has 1 aliphatic rings. The van der Waals surface area contributed by atoms with E-state index in [4.69, 9.17) is 16.0 Å². The molecule has 1 N–H and O–H groups in total. The van der Waals surface area contributed by atoms with Gasteiger partial charge in [-0.1, -0.05) is 42.0 Å². The molecule has 158 valence electrons. The molecule has 1 amide bonds. The number of halogens is 1. The number of benzene rings is 1. The zero-order valence-electron chi connectivity index (χ0n) is 16.8. The van der Waals surface area contributed by atoms with E-state index in [9.17, 15) is 10.1 Å². The monoisotopic (exact) mass is 453 g/mol. The van der Waals surface area contributed by atoms with Gasteiger partial charge in [-0.25, -0.2) is 0 Å². The number of nitrogens with zero attached hydrogens (tertiary/aromatic N) is 4. The van der Waals surface area contributed by atoms with Gasteiger partial charge < -0.3 is 9.32 Å². The molecule has 2 aromatic heterocycles. The zero-order chi connectivity index (χ0) is 21.8. The quantitative estimate of drug-likeness (QED) is 0.419. The van der Waals surface area contributed by atoms with E-state index in [2.05, 4.69) is 27.3 Å². The molecule has 1 fully saturated rings. The summed E-state index contributed by atoms with van der Waals surface area (Å²) in [6.45, 7) is 4.11. The molecule has 0 radical (unpaired) electrons. The molecule has 3 aromatic rings. The summed E-state index contributed by atoms with van der Waals surface area (Å²) >= 11 is 7.50. The third-order valence-corrected chi connectivity index (χ3v) is 6.34. The van der Waals surface area contributed by atoms with Gasteiger partial charge in [0.15, 0.2) is 0 Å². The number of aromatic nitrogens is 2. The molecule has 0 aliphatic carbocycles. The number of rotatable bonds is 5. The topological polar surface area (TPSA) is 95.0 Å². The number of amides is 1. The van der Waals surface area contributed by atoms with Crippen molar-refractivity contribution in [3.8, 4) is 17.4 Å². The first kappa shape index (κ1) is 21.1. The fourth-order valence-corrected chi connectivity index (χ4v) is 4.31. The molecule has 1 aromatic carbocycles. The molecule has 1 saturated heterocycles. The minimum absolute atomic E-state index is 0.0939. The van der Waals surface area contributed by atoms with Gasteiger partial charge in [0, 0.05) is 24.7 Å². The van der Waals surface area contributed by atoms with Crippen molar-refractivity contribution in [2.45, 2.75) is 19.8 Å². The van der Waals surface area contributed by atoms with Crippen LogP contribution in [-0.4, -0.2) is 29.2 Å². The lowest BCUT2D eigenvalue weighted by Crippen LogP contribution is -2.32. The Kier molecular flexibility index (Phi) is 6.35. The fraction of sp³-hybridized carbons (Fsp3) is 0.273. The maximum Gasteiger partial charge on any atom is 0.268 e. The van der Waals surface area contributed by atoms with Crippen LogP contribution in [0.2, 0.25) is 5.02 Å². The number of nitriles is 1. The Balaban J connectivity index is 1.45. The van der Waals surface area contributed by atoms with Crippen LogP contribution in [0.3, 0.4) is 0 Å². The van der Waals surface area contributed by atoms with E-state index in [1.54, 1.807) is 18.2 Å². The summed E-state index contributed by atoms with van der Waals surface area (Å²) in [4.78, 5) is 14.7. The van der Waals surface area contributed by atoms with Crippen LogP contribution in [0.4, 0.5) is 10.3 Å². The molecule has 31 heavy (non-hydrogen) atoms. The average molecular weight is 454 g/mol. The van der Waals surface area contributed by atoms with E-state index in [-0.39, 0.29) is 5.57 Å². The Labute approximate surface area is 189 Å². The van der Waals surface area contributed by atoms with Gasteiger partial charge in [0.2, 0.25) is 10.3 Å². The molecule has 7 nitrogen and oxygen atoms in total.